The number of sulfonamides is 1. The molecule has 0 aliphatic rings. The molecule has 6 nitrogen and oxygen atoms in total. The van der Waals surface area contributed by atoms with Crippen molar-refractivity contribution in [3.63, 3.8) is 0 Å². The number of halogens is 1. The molecule has 0 aliphatic carbocycles. The zero-order valence-electron chi connectivity index (χ0n) is 16.5. The van der Waals surface area contributed by atoms with E-state index in [4.69, 9.17) is 4.74 Å². The zero-order valence-corrected chi connectivity index (χ0v) is 18.9. The van der Waals surface area contributed by atoms with Gasteiger partial charge in [-0.25, -0.2) is 8.42 Å². The van der Waals surface area contributed by atoms with Gasteiger partial charge in [-0.3, -0.25) is 9.52 Å². The van der Waals surface area contributed by atoms with E-state index in [1.165, 1.54) is 12.1 Å². The van der Waals surface area contributed by atoms with Crippen LogP contribution in [0.4, 0.5) is 11.4 Å². The van der Waals surface area contributed by atoms with Crippen LogP contribution in [0.2, 0.25) is 0 Å². The predicted molar refractivity (Wildman–Crippen MR) is 121 cm³/mol. The van der Waals surface area contributed by atoms with Crippen LogP contribution < -0.4 is 14.8 Å². The summed E-state index contributed by atoms with van der Waals surface area (Å²) >= 11 is 3.35. The van der Waals surface area contributed by atoms with Crippen LogP contribution in [0.15, 0.2) is 76.1 Å². The van der Waals surface area contributed by atoms with Gasteiger partial charge in [0.1, 0.15) is 5.75 Å². The van der Waals surface area contributed by atoms with Crippen LogP contribution in [0, 0.1) is 6.92 Å². The molecule has 8 heteroatoms. The molecule has 0 aromatic heterocycles. The Morgan fingerprint density at radius 1 is 1.03 bits per heavy atom. The molecular formula is C22H21BrN2O4S. The summed E-state index contributed by atoms with van der Waals surface area (Å²) in [6, 6.07) is 18.7. The monoisotopic (exact) mass is 488 g/mol. The second kappa shape index (κ2) is 9.32. The van der Waals surface area contributed by atoms with Crippen molar-refractivity contribution in [3.8, 4) is 5.75 Å². The SMILES string of the molecule is COc1cccc(CC(=O)Nc2cccc(S(=O)(=O)Nc3cc(C)ccc3Br)c2)c1. The number of methoxy groups -OCH3 is 1. The van der Waals surface area contributed by atoms with E-state index in [1.54, 1.807) is 43.5 Å². The van der Waals surface area contributed by atoms with E-state index in [1.807, 2.05) is 25.1 Å². The van der Waals surface area contributed by atoms with Crippen LogP contribution in [-0.2, 0) is 21.2 Å². The number of amides is 1. The highest BCUT2D eigenvalue weighted by atomic mass is 79.9. The Kier molecular flexibility index (Phi) is 6.79. The van der Waals surface area contributed by atoms with E-state index >= 15 is 0 Å². The van der Waals surface area contributed by atoms with Crippen molar-refractivity contribution in [2.45, 2.75) is 18.2 Å². The Hall–Kier alpha value is -2.84. The lowest BCUT2D eigenvalue weighted by molar-refractivity contribution is -0.115. The van der Waals surface area contributed by atoms with Crippen LogP contribution in [0.25, 0.3) is 0 Å². The molecule has 1 amide bonds. The lowest BCUT2D eigenvalue weighted by Crippen LogP contribution is -2.16. The number of hydrogen-bond acceptors (Lipinski definition) is 4. The number of rotatable bonds is 7. The van der Waals surface area contributed by atoms with Gasteiger partial charge in [-0.1, -0.05) is 24.3 Å². The molecule has 0 saturated carbocycles. The molecule has 3 rings (SSSR count). The first-order valence-corrected chi connectivity index (χ1v) is 11.4. The van der Waals surface area contributed by atoms with Gasteiger partial charge in [0.15, 0.2) is 0 Å². The molecular weight excluding hydrogens is 468 g/mol. The third-order valence-electron chi connectivity index (χ3n) is 4.29. The molecule has 0 bridgehead atoms. The van der Waals surface area contributed by atoms with Gasteiger partial charge in [-0.15, -0.1) is 0 Å². The highest BCUT2D eigenvalue weighted by Gasteiger charge is 2.17. The lowest BCUT2D eigenvalue weighted by atomic mass is 10.1. The van der Waals surface area contributed by atoms with Crippen molar-refractivity contribution >= 4 is 43.2 Å². The predicted octanol–water partition coefficient (Wildman–Crippen LogP) is 4.75. The van der Waals surface area contributed by atoms with Crippen molar-refractivity contribution < 1.29 is 17.9 Å². The topological polar surface area (TPSA) is 84.5 Å². The normalized spacial score (nSPS) is 11.0. The first-order valence-electron chi connectivity index (χ1n) is 9.08. The van der Waals surface area contributed by atoms with E-state index in [9.17, 15) is 13.2 Å². The maximum atomic E-state index is 12.8. The van der Waals surface area contributed by atoms with E-state index in [0.717, 1.165) is 11.1 Å². The number of nitrogens with one attached hydrogen (secondary N) is 2. The van der Waals surface area contributed by atoms with Crippen molar-refractivity contribution in [2.24, 2.45) is 0 Å². The van der Waals surface area contributed by atoms with Gasteiger partial charge in [0, 0.05) is 10.2 Å². The average molecular weight is 489 g/mol. The minimum atomic E-state index is -3.83. The summed E-state index contributed by atoms with van der Waals surface area (Å²) in [5.41, 5.74) is 2.56. The summed E-state index contributed by atoms with van der Waals surface area (Å²) in [6.07, 6.45) is 0.142. The maximum absolute atomic E-state index is 12.8. The number of anilines is 2. The van der Waals surface area contributed by atoms with Gasteiger partial charge < -0.3 is 10.1 Å². The van der Waals surface area contributed by atoms with Gasteiger partial charge in [0.2, 0.25) is 5.91 Å². The summed E-state index contributed by atoms with van der Waals surface area (Å²) in [5.74, 6) is 0.411. The molecule has 30 heavy (non-hydrogen) atoms. The number of ether oxygens (including phenoxy) is 1. The molecule has 0 heterocycles. The number of aryl methyl sites for hydroxylation is 1. The molecule has 0 aliphatic heterocycles. The largest absolute Gasteiger partial charge is 0.497 e. The molecule has 0 atom stereocenters. The fourth-order valence-electron chi connectivity index (χ4n) is 2.84. The molecule has 0 unspecified atom stereocenters. The first kappa shape index (κ1) is 21.9. The molecule has 3 aromatic carbocycles. The Labute approximate surface area is 184 Å². The fraction of sp³-hybridized carbons (Fsp3) is 0.136. The zero-order chi connectivity index (χ0) is 21.7. The number of carbonyl (C=O) groups is 1. The van der Waals surface area contributed by atoms with Crippen LogP contribution in [0.3, 0.4) is 0 Å². The highest BCUT2D eigenvalue weighted by Crippen LogP contribution is 2.27. The van der Waals surface area contributed by atoms with Crippen LogP contribution in [-0.4, -0.2) is 21.4 Å². The molecule has 2 N–H and O–H groups in total. The second-order valence-electron chi connectivity index (χ2n) is 6.69. The van der Waals surface area contributed by atoms with E-state index in [-0.39, 0.29) is 17.2 Å². The minimum Gasteiger partial charge on any atom is -0.497 e. The highest BCUT2D eigenvalue weighted by molar-refractivity contribution is 9.10. The maximum Gasteiger partial charge on any atom is 0.262 e. The van der Waals surface area contributed by atoms with Crippen LogP contribution in [0.5, 0.6) is 5.75 Å². The van der Waals surface area contributed by atoms with Gasteiger partial charge in [0.25, 0.3) is 10.0 Å². The first-order chi connectivity index (χ1) is 14.3. The standard InChI is InChI=1S/C22H21BrN2O4S/c1-15-9-10-20(23)21(11-15)25-30(27,28)19-8-4-6-17(14-19)24-22(26)13-16-5-3-7-18(12-16)29-2/h3-12,14,25H,13H2,1-2H3,(H,24,26). The molecule has 0 spiro atoms. The van der Waals surface area contributed by atoms with Crippen molar-refractivity contribution in [1.82, 2.24) is 0 Å². The van der Waals surface area contributed by atoms with Crippen LogP contribution in [0.1, 0.15) is 11.1 Å². The Bertz CT molecular complexity index is 1180. The molecule has 0 saturated heterocycles. The second-order valence-corrected chi connectivity index (χ2v) is 9.23. The fourth-order valence-corrected chi connectivity index (χ4v) is 4.43. The van der Waals surface area contributed by atoms with E-state index in [2.05, 4.69) is 26.0 Å². The smallest absolute Gasteiger partial charge is 0.262 e. The quantitative estimate of drug-likeness (QED) is 0.502. The average Bonchev–Trinajstić information content (AvgIpc) is 2.71. The Balaban J connectivity index is 1.74. The van der Waals surface area contributed by atoms with Crippen molar-refractivity contribution in [2.75, 3.05) is 17.1 Å². The number of carbonyl (C=O) groups excluding carboxylic acids is 1. The summed E-state index contributed by atoms with van der Waals surface area (Å²) in [4.78, 5) is 12.4. The summed E-state index contributed by atoms with van der Waals surface area (Å²) < 4.78 is 34.0. The summed E-state index contributed by atoms with van der Waals surface area (Å²) in [7, 11) is -2.26. The van der Waals surface area contributed by atoms with Crippen molar-refractivity contribution in [1.29, 1.82) is 0 Å². The Morgan fingerprint density at radius 3 is 2.57 bits per heavy atom. The van der Waals surface area contributed by atoms with Gasteiger partial charge in [-0.2, -0.15) is 0 Å². The molecule has 156 valence electrons. The van der Waals surface area contributed by atoms with E-state index in [0.29, 0.717) is 21.6 Å². The molecule has 3 aromatic rings. The van der Waals surface area contributed by atoms with Crippen LogP contribution >= 0.6 is 15.9 Å². The number of hydrogen-bond donors (Lipinski definition) is 2. The summed E-state index contributed by atoms with van der Waals surface area (Å²) in [6.45, 7) is 1.88. The summed E-state index contributed by atoms with van der Waals surface area (Å²) in [5, 5.41) is 2.74. The minimum absolute atomic E-state index is 0.0510. The Morgan fingerprint density at radius 2 is 1.80 bits per heavy atom. The third kappa shape index (κ3) is 5.61. The van der Waals surface area contributed by atoms with Crippen molar-refractivity contribution in [3.05, 3.63) is 82.3 Å². The third-order valence-corrected chi connectivity index (χ3v) is 6.35. The van der Waals surface area contributed by atoms with Gasteiger partial charge >= 0.3 is 0 Å². The molecule has 0 radical (unpaired) electrons. The number of benzene rings is 3. The van der Waals surface area contributed by atoms with E-state index < -0.39 is 10.0 Å². The van der Waals surface area contributed by atoms with Gasteiger partial charge in [0.05, 0.1) is 24.1 Å². The molecule has 0 fully saturated rings. The van der Waals surface area contributed by atoms with Gasteiger partial charge in [-0.05, 0) is 76.4 Å². The lowest BCUT2D eigenvalue weighted by Gasteiger charge is -2.12.